The maximum Gasteiger partial charge on any atom is 0.222 e. The van der Waals surface area contributed by atoms with E-state index < -0.39 is 0 Å². The number of nitrogens with zero attached hydrogens (tertiary/aromatic N) is 3. The fourth-order valence-corrected chi connectivity index (χ4v) is 4.07. The molecule has 3 rings (SSSR count). The fourth-order valence-electron chi connectivity index (χ4n) is 4.07. The molecule has 1 aliphatic carbocycles. The van der Waals surface area contributed by atoms with E-state index in [0.717, 1.165) is 36.7 Å². The third kappa shape index (κ3) is 6.22. The van der Waals surface area contributed by atoms with Gasteiger partial charge in [-0.25, -0.2) is 4.98 Å². The van der Waals surface area contributed by atoms with E-state index in [4.69, 9.17) is 5.73 Å². The molecule has 1 saturated carbocycles. The van der Waals surface area contributed by atoms with Gasteiger partial charge >= 0.3 is 0 Å². The van der Waals surface area contributed by atoms with E-state index in [1.54, 1.807) is 0 Å². The second kappa shape index (κ2) is 11.4. The lowest BCUT2D eigenvalue weighted by atomic mass is 9.96. The smallest absolute Gasteiger partial charge is 0.222 e. The van der Waals surface area contributed by atoms with E-state index >= 15 is 0 Å². The molecule has 1 amide bonds. The molecule has 4 N–H and O–H groups in total. The number of aliphatic imine (C=N–C) groups is 1. The molecule has 0 bridgehead atoms. The number of carbonyl (C=O) groups is 1. The van der Waals surface area contributed by atoms with Gasteiger partial charge in [-0.05, 0) is 31.7 Å². The van der Waals surface area contributed by atoms with Crippen LogP contribution in [0.5, 0.6) is 0 Å². The molecule has 1 atom stereocenters. The maximum absolute atomic E-state index is 11.6. The number of pyridine rings is 1. The van der Waals surface area contributed by atoms with Gasteiger partial charge in [0, 0.05) is 44.5 Å². The number of anilines is 1. The highest BCUT2D eigenvalue weighted by Gasteiger charge is 2.26. The van der Waals surface area contributed by atoms with Gasteiger partial charge in [0.25, 0.3) is 0 Å². The van der Waals surface area contributed by atoms with Crippen LogP contribution in [0.1, 0.15) is 50.5 Å². The summed E-state index contributed by atoms with van der Waals surface area (Å²) in [6, 6.07) is 4.54. The molecule has 0 radical (unpaired) electrons. The Morgan fingerprint density at radius 1 is 1.29 bits per heavy atom. The van der Waals surface area contributed by atoms with Crippen LogP contribution in [0.2, 0.25) is 0 Å². The Morgan fingerprint density at radius 2 is 2.07 bits per heavy atom. The van der Waals surface area contributed by atoms with Crippen LogP contribution in [0.4, 0.5) is 5.82 Å². The van der Waals surface area contributed by atoms with Crippen molar-refractivity contribution in [2.75, 3.05) is 25.0 Å². The second-order valence-electron chi connectivity index (χ2n) is 7.58. The quantitative estimate of drug-likeness (QED) is 0.328. The number of hydrogen-bond donors (Lipinski definition) is 3. The van der Waals surface area contributed by atoms with Gasteiger partial charge in [-0.1, -0.05) is 25.3 Å². The van der Waals surface area contributed by atoms with Crippen LogP contribution in [0.3, 0.4) is 0 Å². The van der Waals surface area contributed by atoms with Gasteiger partial charge in [0.05, 0.1) is 5.92 Å². The molecule has 8 heteroatoms. The van der Waals surface area contributed by atoms with Crippen LogP contribution in [0, 0.1) is 5.92 Å². The first-order chi connectivity index (χ1) is 13.2. The van der Waals surface area contributed by atoms with Crippen LogP contribution in [0.15, 0.2) is 23.3 Å². The summed E-state index contributed by atoms with van der Waals surface area (Å²) in [5, 5.41) is 6.97. The van der Waals surface area contributed by atoms with Crippen LogP contribution in [-0.2, 0) is 11.3 Å². The van der Waals surface area contributed by atoms with Gasteiger partial charge < -0.3 is 21.3 Å². The third-order valence-electron chi connectivity index (χ3n) is 5.61. The molecule has 1 aliphatic heterocycles. The number of nitrogens with two attached hydrogens (primary N) is 1. The highest BCUT2D eigenvalue weighted by molar-refractivity contribution is 14.0. The fraction of sp³-hybridized carbons (Fsp3) is 0.650. The Bertz CT molecular complexity index is 662. The molecule has 156 valence electrons. The zero-order chi connectivity index (χ0) is 19.1. The lowest BCUT2D eigenvalue weighted by molar-refractivity contribution is -0.122. The molecule has 2 heterocycles. The molecule has 1 saturated heterocycles. The van der Waals surface area contributed by atoms with Crippen LogP contribution in [-0.4, -0.2) is 43.0 Å². The lowest BCUT2D eigenvalue weighted by Gasteiger charge is -2.33. The van der Waals surface area contributed by atoms with Crippen molar-refractivity contribution >= 4 is 41.7 Å². The number of hydrogen-bond acceptors (Lipinski definition) is 4. The Kier molecular flexibility index (Phi) is 9.27. The standard InChI is InChI=1S/C20H32N6O.HI/c1-22-20(25-17-9-3-2-4-10-17)24-13-15-7-5-11-23-19(15)26-12-6-8-16(14-26)18(21)27;/h5,7,11,16-17H,2-4,6,8-10,12-14H2,1H3,(H2,21,27)(H2,22,24,25);1H. The number of piperidine rings is 1. The predicted molar refractivity (Wildman–Crippen MR) is 124 cm³/mol. The highest BCUT2D eigenvalue weighted by atomic mass is 127. The van der Waals surface area contributed by atoms with Crippen molar-refractivity contribution in [1.29, 1.82) is 0 Å². The molecule has 2 aliphatic rings. The van der Waals surface area contributed by atoms with Crippen LogP contribution in [0.25, 0.3) is 0 Å². The molecule has 1 aromatic heterocycles. The normalized spacial score (nSPS) is 21.0. The number of carbonyl (C=O) groups excluding carboxylic acids is 1. The Balaban J connectivity index is 0.00000280. The van der Waals surface area contributed by atoms with E-state index in [2.05, 4.69) is 31.6 Å². The third-order valence-corrected chi connectivity index (χ3v) is 5.61. The van der Waals surface area contributed by atoms with Crippen LogP contribution < -0.4 is 21.3 Å². The lowest BCUT2D eigenvalue weighted by Crippen LogP contribution is -2.44. The second-order valence-corrected chi connectivity index (χ2v) is 7.58. The topological polar surface area (TPSA) is 95.6 Å². The summed E-state index contributed by atoms with van der Waals surface area (Å²) < 4.78 is 0. The number of guanidine groups is 1. The van der Waals surface area contributed by atoms with E-state index in [9.17, 15) is 4.79 Å². The van der Waals surface area contributed by atoms with Crippen molar-refractivity contribution < 1.29 is 4.79 Å². The molecule has 1 unspecified atom stereocenters. The first-order valence-corrected chi connectivity index (χ1v) is 10.1. The summed E-state index contributed by atoms with van der Waals surface area (Å²) in [6.07, 6.45) is 9.97. The zero-order valence-electron chi connectivity index (χ0n) is 16.7. The molecule has 2 fully saturated rings. The minimum absolute atomic E-state index is 0. The van der Waals surface area contributed by atoms with Gasteiger partial charge in [0.2, 0.25) is 5.91 Å². The number of rotatable bonds is 5. The maximum atomic E-state index is 11.6. The van der Waals surface area contributed by atoms with Gasteiger partial charge in [-0.2, -0.15) is 0 Å². The molecule has 1 aromatic rings. The Labute approximate surface area is 185 Å². The summed E-state index contributed by atoms with van der Waals surface area (Å²) in [6.45, 7) is 2.20. The van der Waals surface area contributed by atoms with Gasteiger partial charge in [-0.15, -0.1) is 24.0 Å². The van der Waals surface area contributed by atoms with E-state index in [-0.39, 0.29) is 35.8 Å². The monoisotopic (exact) mass is 500 g/mol. The van der Waals surface area contributed by atoms with Crippen molar-refractivity contribution in [2.45, 2.75) is 57.5 Å². The van der Waals surface area contributed by atoms with Crippen molar-refractivity contribution in [2.24, 2.45) is 16.6 Å². The summed E-state index contributed by atoms with van der Waals surface area (Å²) in [5.41, 5.74) is 6.63. The van der Waals surface area contributed by atoms with Gasteiger partial charge in [-0.3, -0.25) is 9.79 Å². The number of aromatic nitrogens is 1. The van der Waals surface area contributed by atoms with Crippen molar-refractivity contribution in [3.63, 3.8) is 0 Å². The number of nitrogens with one attached hydrogen (secondary N) is 2. The van der Waals surface area contributed by atoms with Gasteiger partial charge in [0.15, 0.2) is 5.96 Å². The van der Waals surface area contributed by atoms with E-state index in [0.29, 0.717) is 19.1 Å². The molecule has 28 heavy (non-hydrogen) atoms. The van der Waals surface area contributed by atoms with E-state index in [1.807, 2.05) is 19.3 Å². The molecular formula is C20H33IN6O. The van der Waals surface area contributed by atoms with Crippen molar-refractivity contribution in [1.82, 2.24) is 15.6 Å². The average molecular weight is 500 g/mol. The number of amides is 1. The summed E-state index contributed by atoms with van der Waals surface area (Å²) >= 11 is 0. The van der Waals surface area contributed by atoms with Crippen molar-refractivity contribution in [3.8, 4) is 0 Å². The van der Waals surface area contributed by atoms with Gasteiger partial charge in [0.1, 0.15) is 5.82 Å². The highest BCUT2D eigenvalue weighted by Crippen LogP contribution is 2.24. The minimum atomic E-state index is -0.215. The van der Waals surface area contributed by atoms with Crippen LogP contribution >= 0.6 is 24.0 Å². The number of primary amides is 1. The molecule has 0 spiro atoms. The SMILES string of the molecule is CN=C(NCc1cccnc1N1CCCC(C(N)=O)C1)NC1CCCCC1.I. The first kappa shape index (κ1) is 22.7. The van der Waals surface area contributed by atoms with Crippen molar-refractivity contribution in [3.05, 3.63) is 23.9 Å². The minimum Gasteiger partial charge on any atom is -0.369 e. The molecule has 7 nitrogen and oxygen atoms in total. The molecular weight excluding hydrogens is 467 g/mol. The largest absolute Gasteiger partial charge is 0.369 e. The average Bonchev–Trinajstić information content (AvgIpc) is 2.72. The predicted octanol–water partition coefficient (Wildman–Crippen LogP) is 2.40. The number of halogens is 1. The Morgan fingerprint density at radius 3 is 2.79 bits per heavy atom. The zero-order valence-corrected chi connectivity index (χ0v) is 19.0. The summed E-state index contributed by atoms with van der Waals surface area (Å²) in [4.78, 5) is 22.7. The first-order valence-electron chi connectivity index (χ1n) is 10.1. The molecule has 0 aromatic carbocycles. The van der Waals surface area contributed by atoms with E-state index in [1.165, 1.54) is 32.1 Å². The summed E-state index contributed by atoms with van der Waals surface area (Å²) in [5.74, 6) is 1.46. The Hall–Kier alpha value is -1.58. The summed E-state index contributed by atoms with van der Waals surface area (Å²) in [7, 11) is 1.81.